The van der Waals surface area contributed by atoms with Gasteiger partial charge < -0.3 is 10.1 Å². The summed E-state index contributed by atoms with van der Waals surface area (Å²) in [4.78, 5) is 15.8. The third-order valence-corrected chi connectivity index (χ3v) is 6.22. The summed E-state index contributed by atoms with van der Waals surface area (Å²) >= 11 is 6.15. The largest absolute Gasteiger partial charge is 0.379 e. The highest BCUT2D eigenvalue weighted by molar-refractivity contribution is 6.30. The molecule has 4 aromatic rings. The van der Waals surface area contributed by atoms with E-state index >= 15 is 0 Å². The molecule has 1 N–H and O–H groups in total. The van der Waals surface area contributed by atoms with Crippen LogP contribution in [0.5, 0.6) is 0 Å². The van der Waals surface area contributed by atoms with Crippen LogP contribution in [0.4, 0.5) is 10.2 Å². The summed E-state index contributed by atoms with van der Waals surface area (Å²) in [5.74, 6) is 0.421. The van der Waals surface area contributed by atoms with Gasteiger partial charge in [0.2, 0.25) is 0 Å². The van der Waals surface area contributed by atoms with E-state index in [1.165, 1.54) is 12.1 Å². The molecule has 2 aromatic heterocycles. The number of halogens is 2. The third kappa shape index (κ3) is 5.01. The quantitative estimate of drug-likeness (QED) is 0.365. The maximum absolute atomic E-state index is 14.6. The Kier molecular flexibility index (Phi) is 6.94. The molecule has 0 unspecified atom stereocenters. The van der Waals surface area contributed by atoms with Crippen LogP contribution in [0.3, 0.4) is 0 Å². The second-order valence-electron chi connectivity index (χ2n) is 8.21. The number of anilines is 1. The van der Waals surface area contributed by atoms with Gasteiger partial charge in [-0.1, -0.05) is 23.7 Å². The molecule has 34 heavy (non-hydrogen) atoms. The molecule has 0 saturated carbocycles. The summed E-state index contributed by atoms with van der Waals surface area (Å²) in [6, 6.07) is 14.2. The third-order valence-electron chi connectivity index (χ3n) is 5.98. The molecular weight excluding hydrogens is 453 g/mol. The molecule has 174 valence electrons. The Bertz CT molecular complexity index is 1300. The van der Waals surface area contributed by atoms with E-state index in [1.54, 1.807) is 18.6 Å². The molecule has 0 spiro atoms. The molecule has 1 aliphatic heterocycles. The summed E-state index contributed by atoms with van der Waals surface area (Å²) in [6.45, 7) is 5.42. The first-order valence-electron chi connectivity index (χ1n) is 11.4. The summed E-state index contributed by atoms with van der Waals surface area (Å²) in [5.41, 5.74) is 3.47. The predicted molar refractivity (Wildman–Crippen MR) is 134 cm³/mol. The number of aromatic nitrogens is 3. The molecule has 3 heterocycles. The zero-order chi connectivity index (χ0) is 23.3. The minimum Gasteiger partial charge on any atom is -0.379 e. The highest BCUT2D eigenvalue weighted by Crippen LogP contribution is 2.35. The Morgan fingerprint density at radius 3 is 2.76 bits per heavy atom. The lowest BCUT2D eigenvalue weighted by atomic mass is 9.98. The average Bonchev–Trinajstić information content (AvgIpc) is 2.88. The van der Waals surface area contributed by atoms with Crippen molar-refractivity contribution in [1.82, 2.24) is 19.9 Å². The van der Waals surface area contributed by atoms with Gasteiger partial charge in [0, 0.05) is 47.4 Å². The molecule has 0 amide bonds. The van der Waals surface area contributed by atoms with Gasteiger partial charge in [-0.3, -0.25) is 9.88 Å². The van der Waals surface area contributed by atoms with Crippen molar-refractivity contribution >= 4 is 28.3 Å². The van der Waals surface area contributed by atoms with Gasteiger partial charge >= 0.3 is 0 Å². The van der Waals surface area contributed by atoms with Crippen LogP contribution in [0.2, 0.25) is 5.02 Å². The first-order chi connectivity index (χ1) is 16.7. The van der Waals surface area contributed by atoms with Crippen LogP contribution in [0.1, 0.15) is 6.42 Å². The van der Waals surface area contributed by atoms with Gasteiger partial charge in [0.1, 0.15) is 18.0 Å². The summed E-state index contributed by atoms with van der Waals surface area (Å²) in [6.07, 6.45) is 4.24. The number of nitrogens with one attached hydrogen (secondary N) is 1. The molecule has 1 saturated heterocycles. The first-order valence-corrected chi connectivity index (χ1v) is 11.8. The second-order valence-corrected chi connectivity index (χ2v) is 8.65. The van der Waals surface area contributed by atoms with Gasteiger partial charge in [-0.2, -0.15) is 0 Å². The number of fused-ring (bicyclic) bond motifs is 1. The lowest BCUT2D eigenvalue weighted by Gasteiger charge is -2.26. The predicted octanol–water partition coefficient (Wildman–Crippen LogP) is 5.29. The Morgan fingerprint density at radius 2 is 1.88 bits per heavy atom. The van der Waals surface area contributed by atoms with E-state index in [1.807, 2.05) is 30.3 Å². The lowest BCUT2D eigenvalue weighted by molar-refractivity contribution is 0.0378. The normalized spacial score (nSPS) is 14.4. The number of hydrogen-bond acceptors (Lipinski definition) is 6. The van der Waals surface area contributed by atoms with Crippen molar-refractivity contribution < 1.29 is 9.13 Å². The van der Waals surface area contributed by atoms with Crippen molar-refractivity contribution in [1.29, 1.82) is 0 Å². The van der Waals surface area contributed by atoms with Crippen molar-refractivity contribution in [2.45, 2.75) is 6.42 Å². The van der Waals surface area contributed by atoms with Crippen molar-refractivity contribution in [3.8, 4) is 22.4 Å². The maximum atomic E-state index is 14.6. The fourth-order valence-corrected chi connectivity index (χ4v) is 4.40. The van der Waals surface area contributed by atoms with Gasteiger partial charge in [0.15, 0.2) is 0 Å². The highest BCUT2D eigenvalue weighted by atomic mass is 35.5. The smallest absolute Gasteiger partial charge is 0.137 e. The molecule has 5 rings (SSSR count). The minimum atomic E-state index is -0.365. The first kappa shape index (κ1) is 22.7. The number of pyridine rings is 1. The monoisotopic (exact) mass is 477 g/mol. The SMILES string of the molecule is Fc1ccc(Cl)cc1-c1ncccc1-c1ccc2ncnc(NCCCN3CCOCC3)c2c1. The van der Waals surface area contributed by atoms with E-state index < -0.39 is 0 Å². The molecule has 1 aliphatic rings. The van der Waals surface area contributed by atoms with Crippen molar-refractivity contribution in [3.63, 3.8) is 0 Å². The van der Waals surface area contributed by atoms with Crippen LogP contribution < -0.4 is 5.32 Å². The van der Waals surface area contributed by atoms with E-state index in [9.17, 15) is 4.39 Å². The Morgan fingerprint density at radius 1 is 1.00 bits per heavy atom. The lowest BCUT2D eigenvalue weighted by Crippen LogP contribution is -2.37. The van der Waals surface area contributed by atoms with Gasteiger partial charge in [-0.25, -0.2) is 14.4 Å². The van der Waals surface area contributed by atoms with E-state index in [0.29, 0.717) is 16.3 Å². The average molecular weight is 478 g/mol. The van der Waals surface area contributed by atoms with Crippen LogP contribution in [-0.4, -0.2) is 59.2 Å². The van der Waals surface area contributed by atoms with Crippen LogP contribution in [0.25, 0.3) is 33.3 Å². The highest BCUT2D eigenvalue weighted by Gasteiger charge is 2.15. The van der Waals surface area contributed by atoms with Crippen LogP contribution in [0.15, 0.2) is 61.1 Å². The van der Waals surface area contributed by atoms with Gasteiger partial charge in [0.05, 0.1) is 24.4 Å². The van der Waals surface area contributed by atoms with E-state index in [-0.39, 0.29) is 5.82 Å². The van der Waals surface area contributed by atoms with Gasteiger partial charge in [-0.15, -0.1) is 0 Å². The number of hydrogen-bond donors (Lipinski definition) is 1. The Labute approximate surface area is 202 Å². The number of ether oxygens (including phenoxy) is 1. The molecule has 0 aliphatic carbocycles. The molecule has 8 heteroatoms. The van der Waals surface area contributed by atoms with Gasteiger partial charge in [0.25, 0.3) is 0 Å². The summed E-state index contributed by atoms with van der Waals surface area (Å²) < 4.78 is 20.1. The van der Waals surface area contributed by atoms with Crippen LogP contribution >= 0.6 is 11.6 Å². The fraction of sp³-hybridized carbons (Fsp3) is 0.269. The van der Waals surface area contributed by atoms with E-state index in [0.717, 1.165) is 73.7 Å². The van der Waals surface area contributed by atoms with E-state index in [2.05, 4.69) is 25.2 Å². The summed E-state index contributed by atoms with van der Waals surface area (Å²) in [7, 11) is 0. The van der Waals surface area contributed by atoms with Crippen molar-refractivity contribution in [2.24, 2.45) is 0 Å². The second kappa shape index (κ2) is 10.4. The molecule has 6 nitrogen and oxygen atoms in total. The molecular formula is C26H25ClFN5O. The number of rotatable bonds is 7. The molecule has 0 radical (unpaired) electrons. The topological polar surface area (TPSA) is 63.2 Å². The number of nitrogens with zero attached hydrogens (tertiary/aromatic N) is 4. The zero-order valence-electron chi connectivity index (χ0n) is 18.7. The molecule has 0 atom stereocenters. The fourth-order valence-electron chi connectivity index (χ4n) is 4.23. The number of morpholine rings is 1. The standard InChI is InChI=1S/C26H25ClFN5O/c27-19-5-6-23(28)21(16-19)25-20(3-1-8-29-25)18-4-7-24-22(15-18)26(32-17-31-24)30-9-2-10-33-11-13-34-14-12-33/h1,3-8,15-17H,2,9-14H2,(H,30,31,32). The maximum Gasteiger partial charge on any atom is 0.137 e. The van der Waals surface area contributed by atoms with E-state index in [4.69, 9.17) is 16.3 Å². The molecule has 0 bridgehead atoms. The van der Waals surface area contributed by atoms with Crippen molar-refractivity contribution in [2.75, 3.05) is 44.7 Å². The molecule has 1 fully saturated rings. The van der Waals surface area contributed by atoms with Gasteiger partial charge in [-0.05, 0) is 54.9 Å². The summed E-state index contributed by atoms with van der Waals surface area (Å²) in [5, 5.41) is 4.84. The zero-order valence-corrected chi connectivity index (χ0v) is 19.4. The Hall–Kier alpha value is -3.13. The van der Waals surface area contributed by atoms with Crippen LogP contribution in [0, 0.1) is 5.82 Å². The Balaban J connectivity index is 1.42. The molecule has 2 aromatic carbocycles. The minimum absolute atomic E-state index is 0.365. The van der Waals surface area contributed by atoms with Crippen molar-refractivity contribution in [3.05, 3.63) is 71.9 Å². The van der Waals surface area contributed by atoms with Crippen LogP contribution in [-0.2, 0) is 4.74 Å². The number of benzene rings is 2.